The molecule has 7 nitrogen and oxygen atoms in total. The van der Waals surface area contributed by atoms with Gasteiger partial charge in [0.1, 0.15) is 11.5 Å². The molecule has 0 saturated heterocycles. The zero-order valence-corrected chi connectivity index (χ0v) is 11.0. The number of hydrogen-bond acceptors (Lipinski definition) is 5. The number of halogens is 5. The third-order valence-corrected chi connectivity index (χ3v) is 5.25. The van der Waals surface area contributed by atoms with Gasteiger partial charge in [0.2, 0.25) is 10.0 Å². The molecule has 0 rings (SSSR count). The number of sulfonamides is 2. The van der Waals surface area contributed by atoms with E-state index in [2.05, 4.69) is 0 Å². The van der Waals surface area contributed by atoms with Gasteiger partial charge < -0.3 is 4.55 Å². The van der Waals surface area contributed by atoms with Gasteiger partial charge in [0.25, 0.3) is 5.92 Å². The van der Waals surface area contributed by atoms with Crippen LogP contribution in [-0.2, 0) is 31.1 Å². The Morgan fingerprint density at radius 2 is 1.47 bits per heavy atom. The number of alkyl halides is 5. The van der Waals surface area contributed by atoms with Gasteiger partial charge in [-0.15, -0.1) is 4.13 Å². The highest BCUT2D eigenvalue weighted by atomic mass is 32.3. The minimum atomic E-state index is -6.37. The van der Waals surface area contributed by atoms with Gasteiger partial charge in [-0.3, -0.25) is 0 Å². The Morgan fingerprint density at radius 1 is 1.05 bits per heavy atom. The molecular weight excluding hydrogens is 349 g/mol. The lowest BCUT2D eigenvalue weighted by molar-refractivity contribution is -0.0441. The topological polar surface area (TPSA) is 118 Å². The summed E-state index contributed by atoms with van der Waals surface area (Å²) < 4.78 is 122. The van der Waals surface area contributed by atoms with Crippen LogP contribution in [0.25, 0.3) is 0 Å². The van der Waals surface area contributed by atoms with E-state index in [1.54, 1.807) is 0 Å². The molecule has 0 aliphatic rings. The average Bonchev–Trinajstić information content (AvgIpc) is 1.91. The molecule has 0 spiro atoms. The van der Waals surface area contributed by atoms with Crippen LogP contribution in [0.15, 0.2) is 0 Å². The second-order valence-corrected chi connectivity index (χ2v) is 7.70. The highest BCUT2D eigenvalue weighted by molar-refractivity contribution is 8.05. The van der Waals surface area contributed by atoms with Crippen LogP contribution in [0.1, 0.15) is 0 Å². The second-order valence-electron chi connectivity index (χ2n) is 3.11. The molecule has 2 N–H and O–H groups in total. The predicted octanol–water partition coefficient (Wildman–Crippen LogP) is -0.388. The van der Waals surface area contributed by atoms with Crippen molar-refractivity contribution >= 4 is 31.1 Å². The van der Waals surface area contributed by atoms with E-state index in [-0.39, 0.29) is 4.13 Å². The molecular formula is C4H6F5NO6S3. The van der Waals surface area contributed by atoms with Gasteiger partial charge in [-0.05, 0) is 0 Å². The zero-order valence-electron chi connectivity index (χ0n) is 8.52. The first-order chi connectivity index (χ1) is 8.08. The van der Waals surface area contributed by atoms with E-state index in [0.717, 1.165) is 0 Å². The maximum absolute atomic E-state index is 12.8. The molecule has 15 heteroatoms. The normalized spacial score (nSPS) is 16.3. The molecule has 1 atom stereocenters. The molecule has 0 aromatic carbocycles. The fourth-order valence-corrected chi connectivity index (χ4v) is 3.95. The average molecular weight is 355 g/mol. The molecule has 0 aliphatic carbocycles. The first-order valence-electron chi connectivity index (χ1n) is 3.86. The van der Waals surface area contributed by atoms with E-state index in [0.29, 0.717) is 0 Å². The van der Waals surface area contributed by atoms with Crippen LogP contribution in [0.3, 0.4) is 0 Å². The number of hydrogen-bond donors (Lipinski definition) is 2. The van der Waals surface area contributed by atoms with Crippen LogP contribution >= 0.6 is 0 Å². The molecule has 0 aromatic heterocycles. The van der Waals surface area contributed by atoms with Gasteiger partial charge in [-0.25, -0.2) is 29.8 Å². The summed E-state index contributed by atoms with van der Waals surface area (Å²) in [4.78, 5) is 0. The van der Waals surface area contributed by atoms with Crippen molar-refractivity contribution in [2.75, 3.05) is 11.5 Å². The zero-order chi connectivity index (χ0) is 15.7. The van der Waals surface area contributed by atoms with E-state index < -0.39 is 54.1 Å². The molecule has 0 amide bonds. The van der Waals surface area contributed by atoms with Crippen molar-refractivity contribution in [3.63, 3.8) is 0 Å². The Bertz CT molecular complexity index is 550. The van der Waals surface area contributed by atoms with E-state index >= 15 is 0 Å². The summed E-state index contributed by atoms with van der Waals surface area (Å²) in [7, 11) is -11.9. The third kappa shape index (κ3) is 6.55. The van der Waals surface area contributed by atoms with Crippen molar-refractivity contribution < 1.29 is 47.5 Å². The largest absolute Gasteiger partial charge is 0.512 e. The Morgan fingerprint density at radius 3 is 1.79 bits per heavy atom. The molecule has 0 aromatic rings. The first kappa shape index (κ1) is 18.6. The van der Waals surface area contributed by atoms with Gasteiger partial charge in [-0.2, -0.15) is 13.2 Å². The van der Waals surface area contributed by atoms with Crippen LogP contribution in [0.5, 0.6) is 0 Å². The van der Waals surface area contributed by atoms with Gasteiger partial charge in [0.15, 0.2) is 11.1 Å². The smallest absolute Gasteiger partial charge is 0.306 e. The summed E-state index contributed by atoms with van der Waals surface area (Å²) in [5, 5.41) is 0. The van der Waals surface area contributed by atoms with Gasteiger partial charge in [-0.1, -0.05) is 0 Å². The van der Waals surface area contributed by atoms with Crippen molar-refractivity contribution in [2.24, 2.45) is 0 Å². The highest BCUT2D eigenvalue weighted by Crippen LogP contribution is 2.23. The molecule has 0 fully saturated rings. The van der Waals surface area contributed by atoms with Crippen LogP contribution in [0, 0.1) is 0 Å². The SMILES string of the molecule is O=S(O)CC(F)(F)CS(=O)(=O)NS(=O)(=O)C(F)(F)F. The van der Waals surface area contributed by atoms with Crippen LogP contribution in [-0.4, -0.2) is 48.5 Å². The van der Waals surface area contributed by atoms with Crippen LogP contribution < -0.4 is 4.13 Å². The number of nitrogens with one attached hydrogen (secondary N) is 1. The highest BCUT2D eigenvalue weighted by Gasteiger charge is 2.49. The van der Waals surface area contributed by atoms with Gasteiger partial charge in [0.05, 0.1) is 0 Å². The van der Waals surface area contributed by atoms with Crippen LogP contribution in [0.2, 0.25) is 0 Å². The maximum Gasteiger partial charge on any atom is 0.512 e. The Kier molecular flexibility index (Phi) is 5.44. The van der Waals surface area contributed by atoms with E-state index in [4.69, 9.17) is 4.55 Å². The molecule has 1 unspecified atom stereocenters. The fourth-order valence-electron chi connectivity index (χ4n) is 0.744. The minimum Gasteiger partial charge on any atom is -0.306 e. The lowest BCUT2D eigenvalue weighted by Crippen LogP contribution is -2.45. The second kappa shape index (κ2) is 5.55. The molecule has 0 bridgehead atoms. The van der Waals surface area contributed by atoms with Crippen molar-refractivity contribution in [1.82, 2.24) is 4.13 Å². The van der Waals surface area contributed by atoms with Crippen LogP contribution in [0.4, 0.5) is 22.0 Å². The maximum atomic E-state index is 12.8. The summed E-state index contributed by atoms with van der Waals surface area (Å²) in [6, 6.07) is 0. The quantitative estimate of drug-likeness (QED) is 0.495. The molecule has 0 saturated carbocycles. The summed E-state index contributed by atoms with van der Waals surface area (Å²) >= 11 is -3.12. The van der Waals surface area contributed by atoms with Crippen molar-refractivity contribution in [3.05, 3.63) is 0 Å². The fraction of sp³-hybridized carbons (Fsp3) is 1.00. The van der Waals surface area contributed by atoms with E-state index in [1.807, 2.05) is 0 Å². The molecule has 0 radical (unpaired) electrons. The standard InChI is InChI=1S/C4H6F5NO6S3/c5-3(6,1-17(11)12)2-18(13,14)10-19(15,16)4(7,8)9/h10H,1-2H2,(H,11,12). The number of rotatable bonds is 6. The summed E-state index contributed by atoms with van der Waals surface area (Å²) in [6.45, 7) is 0. The van der Waals surface area contributed by atoms with Gasteiger partial charge in [0, 0.05) is 0 Å². The third-order valence-electron chi connectivity index (χ3n) is 1.28. The summed E-state index contributed by atoms with van der Waals surface area (Å²) in [5.74, 6) is -8.64. The van der Waals surface area contributed by atoms with E-state index in [9.17, 15) is 43.0 Å². The van der Waals surface area contributed by atoms with Crippen molar-refractivity contribution in [2.45, 2.75) is 11.4 Å². The molecule has 0 heterocycles. The molecule has 116 valence electrons. The lowest BCUT2D eigenvalue weighted by Gasteiger charge is -2.15. The Labute approximate surface area is 106 Å². The molecule has 19 heavy (non-hydrogen) atoms. The van der Waals surface area contributed by atoms with Gasteiger partial charge >= 0.3 is 15.5 Å². The lowest BCUT2D eigenvalue weighted by atomic mass is 10.5. The summed E-state index contributed by atoms with van der Waals surface area (Å²) in [5.41, 5.74) is -6.00. The van der Waals surface area contributed by atoms with Crippen molar-refractivity contribution in [1.29, 1.82) is 0 Å². The Balaban J connectivity index is 5.10. The minimum absolute atomic E-state index is 0.0608. The first-order valence-corrected chi connectivity index (χ1v) is 8.27. The molecule has 0 aliphatic heterocycles. The van der Waals surface area contributed by atoms with Crippen molar-refractivity contribution in [3.8, 4) is 0 Å². The Hall–Kier alpha value is -0.380. The predicted molar refractivity (Wildman–Crippen MR) is 52.5 cm³/mol. The summed E-state index contributed by atoms with van der Waals surface area (Å²) in [6.07, 6.45) is 0. The van der Waals surface area contributed by atoms with E-state index in [1.165, 1.54) is 0 Å². The monoisotopic (exact) mass is 355 g/mol.